The van der Waals surface area contributed by atoms with Crippen LogP contribution in [0.5, 0.6) is 0 Å². The summed E-state index contributed by atoms with van der Waals surface area (Å²) in [4.78, 5) is 11.7. The number of benzene rings is 2. The van der Waals surface area contributed by atoms with Crippen molar-refractivity contribution >= 4 is 22.3 Å². The highest BCUT2D eigenvalue weighted by molar-refractivity contribution is 5.76. The molecule has 0 aliphatic carbocycles. The van der Waals surface area contributed by atoms with Gasteiger partial charge in [0.1, 0.15) is 0 Å². The number of fused-ring (bicyclic) bond motifs is 1. The number of nitrogens with one attached hydrogen (secondary N) is 1. The van der Waals surface area contributed by atoms with Crippen molar-refractivity contribution < 1.29 is 0 Å². The Morgan fingerprint density at radius 2 is 1.87 bits per heavy atom. The monoisotopic (exact) mass is 402 g/mol. The summed E-state index contributed by atoms with van der Waals surface area (Å²) in [5.41, 5.74) is 17.9. The fraction of sp³-hybridized carbons (Fsp3) is 0.333. The van der Waals surface area contributed by atoms with Gasteiger partial charge < -0.3 is 21.7 Å². The number of hydrogen-bond donors (Lipinski definition) is 3. The van der Waals surface area contributed by atoms with Crippen LogP contribution in [0.1, 0.15) is 24.1 Å². The molecule has 0 bridgehead atoms. The van der Waals surface area contributed by atoms with Gasteiger partial charge in [-0.1, -0.05) is 24.3 Å². The molecule has 0 radical (unpaired) electrons. The average molecular weight is 403 g/mol. The smallest absolute Gasteiger partial charge is 0.0894 e. The molecular weight excluding hydrogens is 372 g/mol. The molecule has 0 unspecified atom stereocenters. The molecule has 2 aromatic carbocycles. The van der Waals surface area contributed by atoms with Crippen molar-refractivity contribution in [3.8, 4) is 0 Å². The van der Waals surface area contributed by atoms with E-state index in [1.165, 1.54) is 11.3 Å². The van der Waals surface area contributed by atoms with Crippen molar-refractivity contribution in [3.63, 3.8) is 0 Å². The number of aromatic nitrogens is 2. The summed E-state index contributed by atoms with van der Waals surface area (Å²) >= 11 is 0. The first-order valence-corrected chi connectivity index (χ1v) is 10.7. The molecule has 6 nitrogen and oxygen atoms in total. The zero-order valence-electron chi connectivity index (χ0n) is 17.3. The third-order valence-corrected chi connectivity index (χ3v) is 5.69. The van der Waals surface area contributed by atoms with E-state index in [9.17, 15) is 0 Å². The molecule has 0 saturated carbocycles. The Morgan fingerprint density at radius 3 is 2.63 bits per heavy atom. The summed E-state index contributed by atoms with van der Waals surface area (Å²) in [6.45, 7) is 3.18. The third-order valence-electron chi connectivity index (χ3n) is 5.69. The number of para-hydroxylation sites is 2. The maximum Gasteiger partial charge on any atom is 0.0894 e. The topological polar surface area (TPSA) is 93.1 Å². The summed E-state index contributed by atoms with van der Waals surface area (Å²) in [6, 6.07) is 17.1. The van der Waals surface area contributed by atoms with Crippen LogP contribution in [0.25, 0.3) is 16.6 Å². The first-order valence-electron chi connectivity index (χ1n) is 10.7. The Morgan fingerprint density at radius 1 is 1.07 bits per heavy atom. The predicted octanol–water partition coefficient (Wildman–Crippen LogP) is 2.69. The molecule has 3 aromatic rings. The van der Waals surface area contributed by atoms with Gasteiger partial charge in [0.05, 0.1) is 22.9 Å². The lowest BCUT2D eigenvalue weighted by Crippen LogP contribution is -2.41. The van der Waals surface area contributed by atoms with Gasteiger partial charge in [-0.2, -0.15) is 0 Å². The van der Waals surface area contributed by atoms with Gasteiger partial charge in [-0.25, -0.2) is 4.98 Å². The van der Waals surface area contributed by atoms with Crippen LogP contribution in [0.2, 0.25) is 0 Å². The van der Waals surface area contributed by atoms with Crippen molar-refractivity contribution in [1.82, 2.24) is 15.3 Å². The maximum absolute atomic E-state index is 6.01. The van der Waals surface area contributed by atoms with Gasteiger partial charge in [0.25, 0.3) is 0 Å². The van der Waals surface area contributed by atoms with Gasteiger partial charge >= 0.3 is 0 Å². The molecule has 156 valence electrons. The summed E-state index contributed by atoms with van der Waals surface area (Å²) in [6.07, 6.45) is 6.93. The lowest BCUT2D eigenvalue weighted by molar-refractivity contribution is 0.455. The van der Waals surface area contributed by atoms with Gasteiger partial charge in [-0.3, -0.25) is 4.98 Å². The van der Waals surface area contributed by atoms with Crippen molar-refractivity contribution in [1.29, 1.82) is 0 Å². The van der Waals surface area contributed by atoms with E-state index < -0.39 is 0 Å². The Balaban J connectivity index is 1.37. The zero-order chi connectivity index (χ0) is 20.8. The highest BCUT2D eigenvalue weighted by Crippen LogP contribution is 2.22. The Bertz CT molecular complexity index is 1010. The molecule has 6 heteroatoms. The fourth-order valence-corrected chi connectivity index (χ4v) is 3.95. The number of nitrogens with two attached hydrogens (primary N) is 2. The van der Waals surface area contributed by atoms with E-state index in [0.717, 1.165) is 54.7 Å². The first-order chi connectivity index (χ1) is 14.8. The van der Waals surface area contributed by atoms with E-state index >= 15 is 0 Å². The molecule has 0 amide bonds. The van der Waals surface area contributed by atoms with Crippen LogP contribution >= 0.6 is 0 Å². The third kappa shape index (κ3) is 4.78. The minimum atomic E-state index is 0.423. The Kier molecular flexibility index (Phi) is 6.57. The van der Waals surface area contributed by atoms with E-state index in [0.29, 0.717) is 19.1 Å². The Hall–Kier alpha value is -2.96. The van der Waals surface area contributed by atoms with Crippen molar-refractivity contribution in [2.75, 3.05) is 31.1 Å². The van der Waals surface area contributed by atoms with Crippen LogP contribution in [-0.4, -0.2) is 42.2 Å². The Labute approximate surface area is 178 Å². The number of nitrogens with zero attached hydrogens (tertiary/aromatic N) is 3. The molecule has 30 heavy (non-hydrogen) atoms. The van der Waals surface area contributed by atoms with E-state index in [-0.39, 0.29) is 0 Å². The van der Waals surface area contributed by atoms with Crippen LogP contribution in [-0.2, 0) is 6.42 Å². The fourth-order valence-electron chi connectivity index (χ4n) is 3.95. The van der Waals surface area contributed by atoms with Gasteiger partial charge in [-0.05, 0) is 55.6 Å². The highest BCUT2D eigenvalue weighted by Gasteiger charge is 2.19. The molecule has 1 aromatic heterocycles. The van der Waals surface area contributed by atoms with Crippen molar-refractivity contribution in [3.05, 3.63) is 72.2 Å². The van der Waals surface area contributed by atoms with Gasteiger partial charge in [0.2, 0.25) is 0 Å². The van der Waals surface area contributed by atoms with Gasteiger partial charge in [0.15, 0.2) is 0 Å². The molecule has 1 aliphatic rings. The minimum Gasteiger partial charge on any atom is -0.388 e. The summed E-state index contributed by atoms with van der Waals surface area (Å²) in [5, 5.41) is 3.57. The van der Waals surface area contributed by atoms with Gasteiger partial charge in [0, 0.05) is 43.1 Å². The molecule has 2 heterocycles. The summed E-state index contributed by atoms with van der Waals surface area (Å²) in [5.74, 6) is 0. The van der Waals surface area contributed by atoms with Gasteiger partial charge in [-0.15, -0.1) is 0 Å². The summed E-state index contributed by atoms with van der Waals surface area (Å²) < 4.78 is 0. The molecule has 1 saturated heterocycles. The molecular formula is C24H30N6. The van der Waals surface area contributed by atoms with Crippen molar-refractivity contribution in [2.45, 2.75) is 25.3 Å². The van der Waals surface area contributed by atoms with E-state index in [1.54, 1.807) is 6.20 Å². The molecule has 0 spiro atoms. The average Bonchev–Trinajstić information content (AvgIpc) is 2.80. The number of hydrogen-bond acceptors (Lipinski definition) is 6. The van der Waals surface area contributed by atoms with Crippen LogP contribution < -0.4 is 21.7 Å². The molecule has 5 N–H and O–H groups in total. The maximum atomic E-state index is 6.01. The first kappa shape index (κ1) is 20.3. The molecule has 1 aliphatic heterocycles. The normalized spacial score (nSPS) is 15.5. The van der Waals surface area contributed by atoms with Crippen LogP contribution in [0.3, 0.4) is 0 Å². The van der Waals surface area contributed by atoms with E-state index in [1.807, 2.05) is 30.5 Å². The lowest BCUT2D eigenvalue weighted by Gasteiger charge is -2.34. The van der Waals surface area contributed by atoms with Crippen LogP contribution in [0, 0.1) is 0 Å². The van der Waals surface area contributed by atoms with E-state index in [4.69, 9.17) is 16.5 Å². The second kappa shape index (κ2) is 9.69. The second-order valence-corrected chi connectivity index (χ2v) is 7.75. The van der Waals surface area contributed by atoms with Crippen LogP contribution in [0.15, 0.2) is 60.9 Å². The summed E-state index contributed by atoms with van der Waals surface area (Å²) in [7, 11) is 0. The highest BCUT2D eigenvalue weighted by atomic mass is 15.1. The standard InChI is InChI=1S/C24H30N6/c25-11-8-18-4-3-5-21(14-18)30-12-9-20(10-13-30)27-16-19(15-26)24-17-28-22-6-1-2-7-23(22)29-24/h1-7,14,16-17,20,27H,8-13,15,25-26H2/b19-16+. The largest absolute Gasteiger partial charge is 0.388 e. The quantitative estimate of drug-likeness (QED) is 0.563. The van der Waals surface area contributed by atoms with Crippen molar-refractivity contribution in [2.24, 2.45) is 11.5 Å². The van der Waals surface area contributed by atoms with Crippen LogP contribution in [0.4, 0.5) is 5.69 Å². The number of anilines is 1. The predicted molar refractivity (Wildman–Crippen MR) is 124 cm³/mol. The SMILES string of the molecule is NCCc1cccc(N2CCC(N/C=C(\CN)c3cnc4ccccc4n3)CC2)c1. The molecule has 4 rings (SSSR count). The second-order valence-electron chi connectivity index (χ2n) is 7.75. The minimum absolute atomic E-state index is 0.423. The number of rotatable bonds is 7. The molecule has 1 fully saturated rings. The molecule has 0 atom stereocenters. The number of piperidine rings is 1. The zero-order valence-corrected chi connectivity index (χ0v) is 17.3. The van der Waals surface area contributed by atoms with E-state index in [2.05, 4.69) is 39.5 Å². The lowest BCUT2D eigenvalue weighted by atomic mass is 10.0.